The standard InChI is InChI=1S/C18H30BN3S2/c1-2-13-19-16-20-17-22-18(21-16)24-15-10-7-5-3-4-6-9-14(23-17)11-8-12-15/h14-15,19H,2-13H2,1H3. The van der Waals surface area contributed by atoms with Crippen LogP contribution < -0.4 is 5.72 Å². The van der Waals surface area contributed by atoms with Gasteiger partial charge in [0.1, 0.15) is 0 Å². The third-order valence-corrected chi connectivity index (χ3v) is 7.44. The summed E-state index contributed by atoms with van der Waals surface area (Å²) in [4.78, 5) is 14.4. The maximum absolute atomic E-state index is 4.82. The normalized spacial score (nSPS) is 25.7. The minimum absolute atomic E-state index is 0.697. The van der Waals surface area contributed by atoms with Crippen LogP contribution in [0.1, 0.15) is 77.6 Å². The maximum atomic E-state index is 4.82. The summed E-state index contributed by atoms with van der Waals surface area (Å²) in [6.45, 7) is 2.23. The molecule has 1 aromatic rings. The van der Waals surface area contributed by atoms with Crippen LogP contribution in [-0.4, -0.2) is 32.7 Å². The lowest BCUT2D eigenvalue weighted by molar-refractivity contribution is 0.513. The lowest BCUT2D eigenvalue weighted by Crippen LogP contribution is -2.25. The fourth-order valence-corrected chi connectivity index (χ4v) is 5.99. The van der Waals surface area contributed by atoms with Crippen molar-refractivity contribution in [3.8, 4) is 0 Å². The van der Waals surface area contributed by atoms with E-state index in [1.54, 1.807) is 0 Å². The van der Waals surface area contributed by atoms with Gasteiger partial charge in [0.15, 0.2) is 10.3 Å². The predicted molar refractivity (Wildman–Crippen MR) is 107 cm³/mol. The monoisotopic (exact) mass is 363 g/mol. The fraction of sp³-hybridized carbons (Fsp3) is 0.833. The van der Waals surface area contributed by atoms with E-state index in [0.717, 1.165) is 23.3 Å². The highest BCUT2D eigenvalue weighted by Gasteiger charge is 2.21. The van der Waals surface area contributed by atoms with Crippen LogP contribution in [-0.2, 0) is 0 Å². The minimum Gasteiger partial charge on any atom is -0.219 e. The summed E-state index contributed by atoms with van der Waals surface area (Å²) >= 11 is 3.85. The van der Waals surface area contributed by atoms with Gasteiger partial charge < -0.3 is 0 Å². The molecule has 6 heteroatoms. The molecule has 1 aromatic heterocycles. The molecule has 0 N–H and O–H groups in total. The van der Waals surface area contributed by atoms with Gasteiger partial charge in [-0.05, 0) is 25.7 Å². The van der Waals surface area contributed by atoms with E-state index in [1.165, 1.54) is 76.9 Å². The van der Waals surface area contributed by atoms with E-state index in [4.69, 9.17) is 15.0 Å². The Balaban J connectivity index is 1.83. The molecule has 0 amide bonds. The smallest absolute Gasteiger partial charge is 0.207 e. The van der Waals surface area contributed by atoms with Gasteiger partial charge in [0.05, 0.1) is 5.72 Å². The largest absolute Gasteiger partial charge is 0.219 e. The Hall–Kier alpha value is -0.225. The molecule has 3 rings (SSSR count). The second-order valence-electron chi connectivity index (χ2n) is 7.18. The first-order valence-electron chi connectivity index (χ1n) is 9.91. The van der Waals surface area contributed by atoms with E-state index in [1.807, 2.05) is 23.5 Å². The molecule has 0 saturated heterocycles. The third-order valence-electron chi connectivity index (χ3n) is 5.04. The molecule has 1 aliphatic carbocycles. The van der Waals surface area contributed by atoms with Crippen LogP contribution >= 0.6 is 23.5 Å². The Morgan fingerprint density at radius 1 is 0.792 bits per heavy atom. The summed E-state index contributed by atoms with van der Waals surface area (Å²) in [6.07, 6.45) is 16.0. The van der Waals surface area contributed by atoms with Crippen LogP contribution in [0.2, 0.25) is 6.32 Å². The van der Waals surface area contributed by atoms with Gasteiger partial charge in [-0.3, -0.25) is 0 Å². The van der Waals surface area contributed by atoms with Crippen molar-refractivity contribution in [2.45, 2.75) is 105 Å². The molecule has 3 nitrogen and oxygen atoms in total. The van der Waals surface area contributed by atoms with Gasteiger partial charge in [-0.2, -0.15) is 4.98 Å². The SMILES string of the molecule is CCCBc1nc2nc(n1)SC1CCCCCCCC(CCC1)S2. The van der Waals surface area contributed by atoms with Crippen molar-refractivity contribution >= 4 is 36.5 Å². The molecule has 0 spiro atoms. The summed E-state index contributed by atoms with van der Waals surface area (Å²) in [5.74, 6) is 0. The zero-order valence-electron chi connectivity index (χ0n) is 15.0. The summed E-state index contributed by atoms with van der Waals surface area (Å²) in [7, 11) is 0.996. The van der Waals surface area contributed by atoms with Gasteiger partial charge >= 0.3 is 0 Å². The van der Waals surface area contributed by atoms with E-state index in [0.29, 0.717) is 10.5 Å². The highest BCUT2D eigenvalue weighted by atomic mass is 32.2. The third kappa shape index (κ3) is 5.94. The number of aromatic nitrogens is 3. The zero-order chi connectivity index (χ0) is 16.6. The second-order valence-corrected chi connectivity index (χ2v) is 9.71. The Morgan fingerprint density at radius 3 is 1.92 bits per heavy atom. The van der Waals surface area contributed by atoms with E-state index in [-0.39, 0.29) is 0 Å². The number of rotatable bonds is 3. The Kier molecular flexibility index (Phi) is 7.78. The summed E-state index contributed by atoms with van der Waals surface area (Å²) < 4.78 is 0. The molecular formula is C18H30BN3S2. The molecule has 2 atom stereocenters. The van der Waals surface area contributed by atoms with Gasteiger partial charge in [-0.15, -0.1) is 0 Å². The first-order valence-corrected chi connectivity index (χ1v) is 11.7. The van der Waals surface area contributed by atoms with Crippen molar-refractivity contribution < 1.29 is 0 Å². The molecule has 132 valence electrons. The van der Waals surface area contributed by atoms with E-state index >= 15 is 0 Å². The highest BCUT2D eigenvalue weighted by molar-refractivity contribution is 8.00. The predicted octanol–water partition coefficient (Wildman–Crippen LogP) is 4.61. The molecule has 1 aliphatic heterocycles. The number of thioether (sulfide) groups is 2. The van der Waals surface area contributed by atoms with Crippen LogP contribution in [0.15, 0.2) is 10.3 Å². The van der Waals surface area contributed by atoms with Gasteiger partial charge in [0, 0.05) is 10.5 Å². The van der Waals surface area contributed by atoms with Crippen molar-refractivity contribution in [3.63, 3.8) is 0 Å². The van der Waals surface area contributed by atoms with Crippen LogP contribution in [0.25, 0.3) is 0 Å². The minimum atomic E-state index is 0.697. The van der Waals surface area contributed by atoms with Crippen LogP contribution in [0.5, 0.6) is 0 Å². The lowest BCUT2D eigenvalue weighted by Gasteiger charge is -2.22. The highest BCUT2D eigenvalue weighted by Crippen LogP contribution is 2.35. The van der Waals surface area contributed by atoms with Crippen LogP contribution in [0, 0.1) is 0 Å². The van der Waals surface area contributed by atoms with Crippen molar-refractivity contribution in [1.29, 1.82) is 0 Å². The summed E-state index contributed by atoms with van der Waals surface area (Å²) in [5, 5.41) is 3.37. The first-order chi connectivity index (χ1) is 11.8. The van der Waals surface area contributed by atoms with E-state index < -0.39 is 0 Å². The van der Waals surface area contributed by atoms with E-state index in [9.17, 15) is 0 Å². The average Bonchev–Trinajstić information content (AvgIpc) is 2.56. The summed E-state index contributed by atoms with van der Waals surface area (Å²) in [5.41, 5.74) is 1.02. The molecule has 1 saturated carbocycles. The molecule has 1 fully saturated rings. The molecule has 24 heavy (non-hydrogen) atoms. The van der Waals surface area contributed by atoms with Crippen molar-refractivity contribution in [1.82, 2.24) is 15.0 Å². The Bertz CT molecular complexity index is 479. The molecule has 4 bridgehead atoms. The maximum Gasteiger partial charge on any atom is 0.207 e. The lowest BCUT2D eigenvalue weighted by atomic mass is 9.73. The molecule has 0 aromatic carbocycles. The Morgan fingerprint density at radius 2 is 1.33 bits per heavy atom. The molecule has 2 heterocycles. The van der Waals surface area contributed by atoms with Crippen molar-refractivity contribution in [2.24, 2.45) is 0 Å². The summed E-state index contributed by atoms with van der Waals surface area (Å²) in [6, 6.07) is 0. The number of fused-ring (bicyclic) bond motifs is 6. The zero-order valence-corrected chi connectivity index (χ0v) is 16.6. The quantitative estimate of drug-likeness (QED) is 0.733. The van der Waals surface area contributed by atoms with E-state index in [2.05, 4.69) is 6.92 Å². The van der Waals surface area contributed by atoms with Crippen LogP contribution in [0.3, 0.4) is 0 Å². The molecule has 0 radical (unpaired) electrons. The van der Waals surface area contributed by atoms with Crippen LogP contribution in [0.4, 0.5) is 0 Å². The van der Waals surface area contributed by atoms with Crippen molar-refractivity contribution in [2.75, 3.05) is 0 Å². The van der Waals surface area contributed by atoms with Gasteiger partial charge in [0.25, 0.3) is 0 Å². The first kappa shape index (κ1) is 18.6. The number of nitrogens with zero attached hydrogens (tertiary/aromatic N) is 3. The van der Waals surface area contributed by atoms with Gasteiger partial charge in [0.2, 0.25) is 7.28 Å². The fourth-order valence-electron chi connectivity index (χ4n) is 3.60. The Labute approximate surface area is 156 Å². The number of hydrogen-bond acceptors (Lipinski definition) is 5. The number of hydrogen-bond donors (Lipinski definition) is 0. The molecule has 2 aliphatic rings. The molecule has 2 unspecified atom stereocenters. The van der Waals surface area contributed by atoms with Gasteiger partial charge in [-0.1, -0.05) is 81.7 Å². The average molecular weight is 363 g/mol. The topological polar surface area (TPSA) is 38.7 Å². The van der Waals surface area contributed by atoms with Gasteiger partial charge in [-0.25, -0.2) is 9.97 Å². The van der Waals surface area contributed by atoms with Crippen molar-refractivity contribution in [3.05, 3.63) is 0 Å². The molecular weight excluding hydrogens is 333 g/mol. The second kappa shape index (κ2) is 10.1.